The van der Waals surface area contributed by atoms with Crippen LogP contribution < -0.4 is 5.73 Å². The first kappa shape index (κ1) is 33.2. The van der Waals surface area contributed by atoms with Crippen LogP contribution >= 0.6 is 23.2 Å². The zero-order valence-electron chi connectivity index (χ0n) is 25.1. The molecule has 4 rings (SSSR count). The Balaban J connectivity index is 1.41. The summed E-state index contributed by atoms with van der Waals surface area (Å²) in [5, 5.41) is 16.4. The van der Waals surface area contributed by atoms with E-state index >= 15 is 0 Å². The number of nitrogens with zero attached hydrogens (tertiary/aromatic N) is 5. The van der Waals surface area contributed by atoms with Crippen LogP contribution in [0.15, 0.2) is 53.7 Å². The first-order valence-corrected chi connectivity index (χ1v) is 15.4. The molecule has 10 nitrogen and oxygen atoms in total. The number of primary amides is 1. The number of carbonyl (C=O) groups excluding carboxylic acids is 2. The van der Waals surface area contributed by atoms with Gasteiger partial charge >= 0.3 is 0 Å². The third-order valence-corrected chi connectivity index (χ3v) is 8.94. The molecule has 43 heavy (non-hydrogen) atoms. The van der Waals surface area contributed by atoms with Crippen LogP contribution in [0.2, 0.25) is 10.0 Å². The molecule has 0 bridgehead atoms. The molecule has 0 radical (unpaired) electrons. The summed E-state index contributed by atoms with van der Waals surface area (Å²) in [5.74, 6) is -1.91. The molecule has 0 aliphatic carbocycles. The summed E-state index contributed by atoms with van der Waals surface area (Å²) >= 11 is 12.3. The summed E-state index contributed by atoms with van der Waals surface area (Å²) in [6.45, 7) is 5.98. The van der Waals surface area contributed by atoms with Gasteiger partial charge in [-0.15, -0.1) is 0 Å². The summed E-state index contributed by atoms with van der Waals surface area (Å²) in [5.41, 5.74) is 7.65. The number of rotatable bonds is 12. The van der Waals surface area contributed by atoms with Crippen LogP contribution in [0.5, 0.6) is 0 Å². The molecular formula is C31H42Cl2N6O4. The number of hydrogen-bond acceptors (Lipinski definition) is 8. The van der Waals surface area contributed by atoms with E-state index in [0.29, 0.717) is 28.7 Å². The van der Waals surface area contributed by atoms with Crippen molar-refractivity contribution < 1.29 is 19.5 Å². The van der Waals surface area contributed by atoms with Crippen molar-refractivity contribution in [2.45, 2.75) is 44.0 Å². The Morgan fingerprint density at radius 3 is 2.37 bits per heavy atom. The molecule has 2 aliphatic rings. The number of nitrogens with two attached hydrogens (primary N) is 1. The van der Waals surface area contributed by atoms with Gasteiger partial charge in [0.1, 0.15) is 7.11 Å². The maximum Gasteiger partial charge on any atom is 0.254 e. The van der Waals surface area contributed by atoms with Crippen molar-refractivity contribution in [3.63, 3.8) is 0 Å². The average molecular weight is 634 g/mol. The Labute approximate surface area is 263 Å². The number of likely N-dealkylation sites (tertiary alicyclic amines) is 1. The predicted molar refractivity (Wildman–Crippen MR) is 169 cm³/mol. The van der Waals surface area contributed by atoms with E-state index in [1.165, 1.54) is 7.11 Å². The normalized spacial score (nSPS) is 21.6. The molecule has 2 saturated heterocycles. The van der Waals surface area contributed by atoms with Crippen molar-refractivity contribution in [1.29, 1.82) is 0 Å². The van der Waals surface area contributed by atoms with E-state index < -0.39 is 11.8 Å². The first-order chi connectivity index (χ1) is 20.5. The molecule has 3 N–H and O–H groups in total. The molecule has 2 aliphatic heterocycles. The van der Waals surface area contributed by atoms with Crippen molar-refractivity contribution in [1.82, 2.24) is 19.6 Å². The lowest BCUT2D eigenvalue weighted by Gasteiger charge is -2.43. The van der Waals surface area contributed by atoms with E-state index in [-0.39, 0.29) is 31.0 Å². The van der Waals surface area contributed by atoms with E-state index in [9.17, 15) is 14.7 Å². The minimum atomic E-state index is -1.19. The molecule has 2 heterocycles. The summed E-state index contributed by atoms with van der Waals surface area (Å²) < 4.78 is 0. The zero-order valence-corrected chi connectivity index (χ0v) is 26.6. The standard InChI is InChI=1S/C31H42Cl2N6O4/c1-31(42)38(21-29(34)40)15-16-39(31)26-9-12-37(13-10-26)14-11-27(22-7-5-4-6-8-22)28(35-43-3)20-36(2)30(41)23-17-24(32)19-25(33)18-23/h4-8,17-19,26-27,42H,9-16,20-21H2,1-3H3,(H2,34,40)/b35-28+. The average Bonchev–Trinajstić information content (AvgIpc) is 3.25. The van der Waals surface area contributed by atoms with Gasteiger partial charge in [0.05, 0.1) is 18.8 Å². The van der Waals surface area contributed by atoms with E-state index in [1.807, 2.05) is 18.2 Å². The second-order valence-electron chi connectivity index (χ2n) is 11.5. The van der Waals surface area contributed by atoms with E-state index in [0.717, 1.165) is 50.2 Å². The van der Waals surface area contributed by atoms with Gasteiger partial charge in [0.2, 0.25) is 5.91 Å². The maximum absolute atomic E-state index is 13.3. The summed E-state index contributed by atoms with van der Waals surface area (Å²) in [4.78, 5) is 37.9. The molecule has 12 heteroatoms. The molecule has 0 aromatic heterocycles. The molecular weight excluding hydrogens is 591 g/mol. The summed E-state index contributed by atoms with van der Waals surface area (Å²) in [7, 11) is 3.25. The first-order valence-electron chi connectivity index (χ1n) is 14.6. The van der Waals surface area contributed by atoms with Crippen LogP contribution in [0.1, 0.15) is 48.0 Å². The molecule has 234 valence electrons. The van der Waals surface area contributed by atoms with Crippen LogP contribution in [0.25, 0.3) is 0 Å². The highest BCUT2D eigenvalue weighted by Gasteiger charge is 2.45. The largest absolute Gasteiger partial charge is 0.399 e. The summed E-state index contributed by atoms with van der Waals surface area (Å²) in [6, 6.07) is 15.2. The van der Waals surface area contributed by atoms with E-state index in [4.69, 9.17) is 33.8 Å². The number of aliphatic hydroxyl groups is 1. The van der Waals surface area contributed by atoms with Crippen molar-refractivity contribution >= 4 is 40.7 Å². The monoisotopic (exact) mass is 632 g/mol. The Hall–Kier alpha value is -2.73. The predicted octanol–water partition coefficient (Wildman–Crippen LogP) is 3.48. The van der Waals surface area contributed by atoms with Gasteiger partial charge in [-0.3, -0.25) is 19.4 Å². The Morgan fingerprint density at radius 1 is 1.12 bits per heavy atom. The van der Waals surface area contributed by atoms with Crippen molar-refractivity contribution in [3.8, 4) is 0 Å². The topological polar surface area (TPSA) is 115 Å². The third kappa shape index (κ3) is 8.47. The number of piperidine rings is 1. The minimum Gasteiger partial charge on any atom is -0.399 e. The van der Waals surface area contributed by atoms with Crippen LogP contribution in [0, 0.1) is 0 Å². The van der Waals surface area contributed by atoms with Gasteiger partial charge in [0, 0.05) is 47.7 Å². The van der Waals surface area contributed by atoms with Crippen LogP contribution in [-0.2, 0) is 9.63 Å². The number of hydrogen-bond donors (Lipinski definition) is 2. The minimum absolute atomic E-state index is 0.0439. The fourth-order valence-electron chi connectivity index (χ4n) is 6.29. The number of amides is 2. The zero-order chi connectivity index (χ0) is 31.1. The third-order valence-electron chi connectivity index (χ3n) is 8.50. The molecule has 2 aromatic carbocycles. The second-order valence-corrected chi connectivity index (χ2v) is 12.3. The quantitative estimate of drug-likeness (QED) is 0.272. The van der Waals surface area contributed by atoms with Gasteiger partial charge in [-0.05, 0) is 69.6 Å². The van der Waals surface area contributed by atoms with Crippen molar-refractivity contribution in [2.75, 3.05) is 60.0 Å². The SMILES string of the molecule is CO/N=C(\CN(C)C(=O)c1cc(Cl)cc(Cl)c1)C(CCN1CCC(N2CCN(CC(N)=O)C2(C)O)CC1)c1ccccc1. The lowest BCUT2D eigenvalue weighted by Crippen LogP contribution is -2.58. The van der Waals surface area contributed by atoms with Gasteiger partial charge in [0.25, 0.3) is 5.91 Å². The Kier molecular flexibility index (Phi) is 11.4. The molecule has 2 atom stereocenters. The number of halogens is 2. The van der Waals surface area contributed by atoms with Gasteiger partial charge in [-0.1, -0.05) is 58.7 Å². The van der Waals surface area contributed by atoms with Crippen molar-refractivity contribution in [3.05, 3.63) is 69.7 Å². The molecule has 2 aromatic rings. The van der Waals surface area contributed by atoms with E-state index in [2.05, 4.69) is 27.1 Å². The smallest absolute Gasteiger partial charge is 0.254 e. The van der Waals surface area contributed by atoms with Crippen LogP contribution in [0.3, 0.4) is 0 Å². The molecule has 2 amide bonds. The highest BCUT2D eigenvalue weighted by molar-refractivity contribution is 6.35. The molecule has 2 unspecified atom stereocenters. The van der Waals surface area contributed by atoms with Gasteiger partial charge in [-0.2, -0.15) is 0 Å². The maximum atomic E-state index is 13.3. The Bertz CT molecular complexity index is 1270. The molecule has 0 saturated carbocycles. The van der Waals surface area contributed by atoms with Gasteiger partial charge in [-0.25, -0.2) is 0 Å². The highest BCUT2D eigenvalue weighted by atomic mass is 35.5. The highest BCUT2D eigenvalue weighted by Crippen LogP contribution is 2.31. The number of benzene rings is 2. The van der Waals surface area contributed by atoms with Gasteiger partial charge < -0.3 is 25.5 Å². The fourth-order valence-corrected chi connectivity index (χ4v) is 6.81. The van der Waals surface area contributed by atoms with Gasteiger partial charge in [0.15, 0.2) is 5.85 Å². The van der Waals surface area contributed by atoms with E-state index in [1.54, 1.807) is 42.0 Å². The second kappa shape index (κ2) is 14.8. The fraction of sp³-hybridized carbons (Fsp3) is 0.516. The Morgan fingerprint density at radius 2 is 1.77 bits per heavy atom. The van der Waals surface area contributed by atoms with Crippen LogP contribution in [0.4, 0.5) is 0 Å². The molecule has 2 fully saturated rings. The number of oxime groups is 1. The molecule has 0 spiro atoms. The van der Waals surface area contributed by atoms with Crippen LogP contribution in [-0.4, -0.2) is 114 Å². The number of carbonyl (C=O) groups is 2. The summed E-state index contributed by atoms with van der Waals surface area (Å²) in [6.07, 6.45) is 2.61. The lowest BCUT2D eigenvalue weighted by atomic mass is 9.89. The lowest BCUT2D eigenvalue weighted by molar-refractivity contribution is -0.178. The van der Waals surface area contributed by atoms with Crippen molar-refractivity contribution in [2.24, 2.45) is 10.9 Å².